The van der Waals surface area contributed by atoms with Crippen LogP contribution in [0.15, 0.2) is 0 Å². The number of hydrogen-bond donors (Lipinski definition) is 2. The number of carbonyl (C=O) groups is 1. The largest absolute Gasteiger partial charge is 0.353 e. The van der Waals surface area contributed by atoms with Gasteiger partial charge in [-0.25, -0.2) is 0 Å². The first kappa shape index (κ1) is 19.7. The maximum Gasteiger partial charge on any atom is 0.220 e. The second-order valence-corrected chi connectivity index (χ2v) is 5.96. The van der Waals surface area contributed by atoms with Crippen LogP contribution in [-0.4, -0.2) is 18.5 Å². The Morgan fingerprint density at radius 1 is 1.15 bits per heavy atom. The Balaban J connectivity index is 0.00000361. The molecule has 0 heterocycles. The number of halogens is 1. The molecule has 0 aromatic rings. The van der Waals surface area contributed by atoms with Crippen molar-refractivity contribution in [3.8, 4) is 0 Å². The molecule has 0 aromatic heterocycles. The minimum atomic E-state index is 0. The molecule has 1 rings (SSSR count). The lowest BCUT2D eigenvalue weighted by molar-refractivity contribution is -0.122. The van der Waals surface area contributed by atoms with Crippen molar-refractivity contribution in [3.63, 3.8) is 0 Å². The van der Waals surface area contributed by atoms with Crippen LogP contribution in [0, 0.1) is 5.92 Å². The van der Waals surface area contributed by atoms with Gasteiger partial charge in [-0.15, -0.1) is 12.4 Å². The van der Waals surface area contributed by atoms with E-state index < -0.39 is 0 Å². The summed E-state index contributed by atoms with van der Waals surface area (Å²) in [6.07, 6.45) is 12.7. The standard InChI is InChI=1S/C16H32N2O.ClH/c1-2-3-9-14-10-8-11-15(14)18-16(19)12-6-4-5-7-13-17;/h14-15H,2-13,17H2,1H3,(H,18,19);1H. The molecule has 0 radical (unpaired) electrons. The van der Waals surface area contributed by atoms with E-state index in [4.69, 9.17) is 5.73 Å². The minimum Gasteiger partial charge on any atom is -0.353 e. The summed E-state index contributed by atoms with van der Waals surface area (Å²) in [5, 5.41) is 3.27. The van der Waals surface area contributed by atoms with Gasteiger partial charge in [0.2, 0.25) is 5.91 Å². The van der Waals surface area contributed by atoms with E-state index >= 15 is 0 Å². The molecule has 1 aliphatic carbocycles. The van der Waals surface area contributed by atoms with Crippen LogP contribution in [0.4, 0.5) is 0 Å². The summed E-state index contributed by atoms with van der Waals surface area (Å²) in [6.45, 7) is 3.01. The van der Waals surface area contributed by atoms with Crippen LogP contribution in [-0.2, 0) is 4.79 Å². The highest BCUT2D eigenvalue weighted by Gasteiger charge is 2.27. The van der Waals surface area contributed by atoms with Gasteiger partial charge in [0.15, 0.2) is 0 Å². The lowest BCUT2D eigenvalue weighted by atomic mass is 9.96. The van der Waals surface area contributed by atoms with Crippen molar-refractivity contribution >= 4 is 18.3 Å². The molecule has 4 heteroatoms. The number of hydrogen-bond acceptors (Lipinski definition) is 2. The molecular weight excluding hydrogens is 272 g/mol. The number of rotatable bonds is 10. The first-order valence-electron chi connectivity index (χ1n) is 8.27. The minimum absolute atomic E-state index is 0. The van der Waals surface area contributed by atoms with Crippen molar-refractivity contribution < 1.29 is 4.79 Å². The highest BCUT2D eigenvalue weighted by Crippen LogP contribution is 2.29. The Morgan fingerprint density at radius 3 is 2.60 bits per heavy atom. The van der Waals surface area contributed by atoms with Crippen LogP contribution in [0.5, 0.6) is 0 Å². The van der Waals surface area contributed by atoms with Crippen molar-refractivity contribution in [2.45, 2.75) is 83.6 Å². The fourth-order valence-corrected chi connectivity index (χ4v) is 3.10. The van der Waals surface area contributed by atoms with Crippen LogP contribution in [0.25, 0.3) is 0 Å². The molecule has 0 aliphatic heterocycles. The summed E-state index contributed by atoms with van der Waals surface area (Å²) in [4.78, 5) is 11.9. The van der Waals surface area contributed by atoms with Gasteiger partial charge in [0.1, 0.15) is 0 Å². The smallest absolute Gasteiger partial charge is 0.220 e. The van der Waals surface area contributed by atoms with Gasteiger partial charge in [0.25, 0.3) is 0 Å². The van der Waals surface area contributed by atoms with E-state index in [2.05, 4.69) is 12.2 Å². The fraction of sp³-hybridized carbons (Fsp3) is 0.938. The Labute approximate surface area is 130 Å². The number of unbranched alkanes of at least 4 members (excludes halogenated alkanes) is 4. The van der Waals surface area contributed by atoms with Gasteiger partial charge in [0.05, 0.1) is 0 Å². The molecule has 3 nitrogen and oxygen atoms in total. The van der Waals surface area contributed by atoms with E-state index in [-0.39, 0.29) is 18.3 Å². The van der Waals surface area contributed by atoms with Gasteiger partial charge in [-0.05, 0) is 44.6 Å². The van der Waals surface area contributed by atoms with E-state index in [0.29, 0.717) is 12.5 Å². The van der Waals surface area contributed by atoms with Crippen molar-refractivity contribution in [3.05, 3.63) is 0 Å². The summed E-state index contributed by atoms with van der Waals surface area (Å²) in [5.41, 5.74) is 5.46. The monoisotopic (exact) mass is 304 g/mol. The van der Waals surface area contributed by atoms with Gasteiger partial charge in [-0.2, -0.15) is 0 Å². The van der Waals surface area contributed by atoms with Crippen LogP contribution >= 0.6 is 12.4 Å². The van der Waals surface area contributed by atoms with Crippen LogP contribution < -0.4 is 11.1 Å². The van der Waals surface area contributed by atoms with Crippen molar-refractivity contribution in [2.75, 3.05) is 6.54 Å². The maximum atomic E-state index is 11.9. The molecule has 0 spiro atoms. The van der Waals surface area contributed by atoms with E-state index in [9.17, 15) is 4.79 Å². The third kappa shape index (κ3) is 8.11. The topological polar surface area (TPSA) is 55.1 Å². The summed E-state index contributed by atoms with van der Waals surface area (Å²) < 4.78 is 0. The third-order valence-corrected chi connectivity index (χ3v) is 4.29. The zero-order chi connectivity index (χ0) is 13.9. The average Bonchev–Trinajstić information content (AvgIpc) is 2.83. The summed E-state index contributed by atoms with van der Waals surface area (Å²) in [5.74, 6) is 1.00. The third-order valence-electron chi connectivity index (χ3n) is 4.29. The number of nitrogens with two attached hydrogens (primary N) is 1. The molecule has 2 unspecified atom stereocenters. The quantitative estimate of drug-likeness (QED) is 0.603. The molecule has 0 saturated heterocycles. The van der Waals surface area contributed by atoms with Crippen LogP contribution in [0.1, 0.15) is 77.6 Å². The maximum absolute atomic E-state index is 11.9. The molecule has 20 heavy (non-hydrogen) atoms. The van der Waals surface area contributed by atoms with Gasteiger partial charge < -0.3 is 11.1 Å². The SMILES string of the molecule is CCCCC1CCCC1NC(=O)CCCCCCN.Cl. The summed E-state index contributed by atoms with van der Waals surface area (Å²) in [6, 6.07) is 0.461. The Hall–Kier alpha value is -0.280. The van der Waals surface area contributed by atoms with E-state index in [0.717, 1.165) is 38.1 Å². The molecule has 0 aromatic carbocycles. The molecule has 0 bridgehead atoms. The molecule has 1 fully saturated rings. The van der Waals surface area contributed by atoms with E-state index in [1.54, 1.807) is 0 Å². The number of nitrogens with one attached hydrogen (secondary N) is 1. The van der Waals surface area contributed by atoms with Crippen LogP contribution in [0.3, 0.4) is 0 Å². The predicted octanol–water partition coefficient (Wildman–Crippen LogP) is 3.79. The van der Waals surface area contributed by atoms with Crippen molar-refractivity contribution in [2.24, 2.45) is 11.7 Å². The second kappa shape index (κ2) is 12.5. The first-order valence-corrected chi connectivity index (χ1v) is 8.27. The molecular formula is C16H33ClN2O. The number of amides is 1. The average molecular weight is 305 g/mol. The Kier molecular flexibility index (Phi) is 12.3. The van der Waals surface area contributed by atoms with Gasteiger partial charge >= 0.3 is 0 Å². The van der Waals surface area contributed by atoms with E-state index in [1.807, 2.05) is 0 Å². The molecule has 3 N–H and O–H groups in total. The van der Waals surface area contributed by atoms with Gasteiger partial charge in [0, 0.05) is 12.5 Å². The fourth-order valence-electron chi connectivity index (χ4n) is 3.10. The van der Waals surface area contributed by atoms with Gasteiger partial charge in [-0.1, -0.05) is 39.0 Å². The molecule has 1 saturated carbocycles. The molecule has 2 atom stereocenters. The molecule has 120 valence electrons. The van der Waals surface area contributed by atoms with E-state index in [1.165, 1.54) is 38.5 Å². The van der Waals surface area contributed by atoms with Gasteiger partial charge in [-0.3, -0.25) is 4.79 Å². The summed E-state index contributed by atoms with van der Waals surface area (Å²) >= 11 is 0. The zero-order valence-electron chi connectivity index (χ0n) is 13.0. The Bertz CT molecular complexity index is 249. The highest BCUT2D eigenvalue weighted by atomic mass is 35.5. The predicted molar refractivity (Wildman–Crippen MR) is 88.2 cm³/mol. The Morgan fingerprint density at radius 2 is 1.90 bits per heavy atom. The second-order valence-electron chi connectivity index (χ2n) is 5.96. The lowest BCUT2D eigenvalue weighted by Gasteiger charge is -2.20. The van der Waals surface area contributed by atoms with Crippen molar-refractivity contribution in [1.82, 2.24) is 5.32 Å². The van der Waals surface area contributed by atoms with Crippen LogP contribution in [0.2, 0.25) is 0 Å². The highest BCUT2D eigenvalue weighted by molar-refractivity contribution is 5.85. The zero-order valence-corrected chi connectivity index (χ0v) is 13.9. The molecule has 1 amide bonds. The molecule has 1 aliphatic rings. The first-order chi connectivity index (χ1) is 9.27. The number of carbonyl (C=O) groups excluding carboxylic acids is 1. The summed E-state index contributed by atoms with van der Waals surface area (Å²) in [7, 11) is 0. The normalized spacial score (nSPS) is 21.5. The van der Waals surface area contributed by atoms with Crippen molar-refractivity contribution in [1.29, 1.82) is 0 Å². The lowest BCUT2D eigenvalue weighted by Crippen LogP contribution is -2.37.